The van der Waals surface area contributed by atoms with Gasteiger partial charge >= 0.3 is 7.82 Å². The van der Waals surface area contributed by atoms with Crippen LogP contribution in [0.3, 0.4) is 0 Å². The van der Waals surface area contributed by atoms with Crippen LogP contribution < -0.4 is 5.73 Å². The zero-order chi connectivity index (χ0) is 20.2. The highest BCUT2D eigenvalue weighted by Crippen LogP contribution is 2.44. The third-order valence-electron chi connectivity index (χ3n) is 6.29. The Labute approximate surface area is 168 Å². The van der Waals surface area contributed by atoms with Gasteiger partial charge in [-0.15, -0.1) is 0 Å². The number of unbranched alkanes of at least 4 members (excludes halogenated alkanes) is 1. The summed E-state index contributed by atoms with van der Waals surface area (Å²) in [5.74, 6) is 1.09. The van der Waals surface area contributed by atoms with Crippen molar-refractivity contribution in [3.63, 3.8) is 0 Å². The van der Waals surface area contributed by atoms with Gasteiger partial charge in [0.05, 0.1) is 6.61 Å². The first kappa shape index (κ1) is 21.7. The molecule has 1 saturated carbocycles. The van der Waals surface area contributed by atoms with Crippen LogP contribution in [0.1, 0.15) is 74.5 Å². The number of fused-ring (bicyclic) bond motifs is 1. The summed E-state index contributed by atoms with van der Waals surface area (Å²) in [6.07, 6.45) is 14.1. The van der Waals surface area contributed by atoms with Gasteiger partial charge in [0.2, 0.25) is 0 Å². The maximum atomic E-state index is 11.0. The van der Waals surface area contributed by atoms with Gasteiger partial charge in [0, 0.05) is 5.54 Å². The van der Waals surface area contributed by atoms with Crippen LogP contribution in [0.5, 0.6) is 0 Å². The summed E-state index contributed by atoms with van der Waals surface area (Å²) in [6, 6.07) is 6.86. The van der Waals surface area contributed by atoms with Crippen LogP contribution in [0.25, 0.3) is 0 Å². The van der Waals surface area contributed by atoms with E-state index in [4.69, 9.17) is 15.5 Å². The number of rotatable bonds is 8. The van der Waals surface area contributed by atoms with E-state index in [1.807, 2.05) is 0 Å². The lowest BCUT2D eigenvalue weighted by Gasteiger charge is -2.26. The molecule has 0 radical (unpaired) electrons. The van der Waals surface area contributed by atoms with Crippen LogP contribution in [-0.2, 0) is 21.9 Å². The maximum Gasteiger partial charge on any atom is 0.469 e. The summed E-state index contributed by atoms with van der Waals surface area (Å²) in [5, 5.41) is 0. The van der Waals surface area contributed by atoms with Crippen molar-refractivity contribution in [1.29, 1.82) is 0 Å². The fraction of sp³-hybridized carbons (Fsp3) is 0.636. The Balaban J connectivity index is 1.58. The standard InChI is InChI=1S/C22H34NO4P/c1-2-3-4-5-6-17-7-8-19-14-20(10-9-18(19)13-17)21-11-12-22(23,15-21)16-27-28(24,25)26/h4-5,9-10,14,17,21H,2-3,6-8,11-13,15-16,23H2,1H3,(H2,24,25,26)/b5-4+/t17-,21+,22-/m1/s1. The van der Waals surface area contributed by atoms with Crippen LogP contribution >= 0.6 is 7.82 Å². The van der Waals surface area contributed by atoms with Crippen molar-refractivity contribution < 1.29 is 18.9 Å². The molecule has 156 valence electrons. The van der Waals surface area contributed by atoms with Crippen molar-refractivity contribution in [2.75, 3.05) is 6.61 Å². The van der Waals surface area contributed by atoms with E-state index in [2.05, 4.69) is 41.8 Å². The molecule has 0 aromatic heterocycles. The van der Waals surface area contributed by atoms with Gasteiger partial charge in [-0.25, -0.2) is 4.57 Å². The van der Waals surface area contributed by atoms with Crippen molar-refractivity contribution in [3.8, 4) is 0 Å². The second-order valence-electron chi connectivity index (χ2n) is 8.70. The minimum absolute atomic E-state index is 0.0913. The Hall–Kier alpha value is -0.970. The SMILES string of the molecule is CCC/C=C/C[C@@H]1CCc2cc([C@H]3CC[C@](N)(COP(=O)(O)O)C3)ccc2C1. The van der Waals surface area contributed by atoms with Gasteiger partial charge in [-0.1, -0.05) is 43.7 Å². The first-order valence-corrected chi connectivity index (χ1v) is 12.1. The molecule has 0 bridgehead atoms. The zero-order valence-corrected chi connectivity index (χ0v) is 17.7. The van der Waals surface area contributed by atoms with Gasteiger partial charge in [-0.05, 0) is 79.9 Å². The Morgan fingerprint density at radius 2 is 2.11 bits per heavy atom. The third kappa shape index (κ3) is 6.01. The molecule has 0 heterocycles. The van der Waals surface area contributed by atoms with Crippen molar-refractivity contribution >= 4 is 7.82 Å². The van der Waals surface area contributed by atoms with E-state index < -0.39 is 13.4 Å². The summed E-state index contributed by atoms with van der Waals surface area (Å²) >= 11 is 0. The van der Waals surface area contributed by atoms with Gasteiger partial charge in [0.25, 0.3) is 0 Å². The third-order valence-corrected chi connectivity index (χ3v) is 6.75. The molecule has 2 aliphatic carbocycles. The Morgan fingerprint density at radius 3 is 2.86 bits per heavy atom. The van der Waals surface area contributed by atoms with E-state index in [1.165, 1.54) is 42.4 Å². The minimum Gasteiger partial charge on any atom is -0.323 e. The number of benzene rings is 1. The van der Waals surface area contributed by atoms with Crippen molar-refractivity contribution in [3.05, 3.63) is 47.0 Å². The second kappa shape index (κ2) is 9.23. The fourth-order valence-corrected chi connectivity index (χ4v) is 5.09. The second-order valence-corrected chi connectivity index (χ2v) is 9.94. The van der Waals surface area contributed by atoms with Crippen LogP contribution in [0.4, 0.5) is 0 Å². The number of hydrogen-bond donors (Lipinski definition) is 3. The van der Waals surface area contributed by atoms with Crippen LogP contribution in [0.2, 0.25) is 0 Å². The Kier molecular flexibility index (Phi) is 7.17. The first-order chi connectivity index (χ1) is 13.3. The van der Waals surface area contributed by atoms with E-state index >= 15 is 0 Å². The topological polar surface area (TPSA) is 92.8 Å². The lowest BCUT2D eigenvalue weighted by Crippen LogP contribution is -2.41. The van der Waals surface area contributed by atoms with E-state index in [9.17, 15) is 4.57 Å². The molecule has 4 N–H and O–H groups in total. The fourth-order valence-electron chi connectivity index (χ4n) is 4.66. The highest BCUT2D eigenvalue weighted by molar-refractivity contribution is 7.46. The number of phosphoric acid groups is 1. The molecule has 1 aromatic carbocycles. The predicted molar refractivity (Wildman–Crippen MR) is 112 cm³/mol. The molecule has 0 saturated heterocycles. The Morgan fingerprint density at radius 1 is 1.29 bits per heavy atom. The number of aryl methyl sites for hydroxylation is 1. The van der Waals surface area contributed by atoms with E-state index in [0.29, 0.717) is 12.3 Å². The molecular formula is C22H34NO4P. The average Bonchev–Trinajstić information content (AvgIpc) is 3.05. The zero-order valence-electron chi connectivity index (χ0n) is 16.8. The lowest BCUT2D eigenvalue weighted by molar-refractivity contribution is 0.153. The van der Waals surface area contributed by atoms with E-state index in [0.717, 1.165) is 31.6 Å². The number of hydrogen-bond acceptors (Lipinski definition) is 3. The molecule has 3 atom stereocenters. The van der Waals surface area contributed by atoms with Crippen LogP contribution in [0, 0.1) is 5.92 Å². The van der Waals surface area contributed by atoms with Crippen molar-refractivity contribution in [2.24, 2.45) is 11.7 Å². The monoisotopic (exact) mass is 407 g/mol. The van der Waals surface area contributed by atoms with Gasteiger partial charge in [-0.2, -0.15) is 0 Å². The van der Waals surface area contributed by atoms with Crippen LogP contribution in [-0.4, -0.2) is 21.9 Å². The molecular weight excluding hydrogens is 373 g/mol. The summed E-state index contributed by atoms with van der Waals surface area (Å²) in [4.78, 5) is 17.9. The largest absolute Gasteiger partial charge is 0.469 e. The molecule has 3 rings (SSSR count). The molecule has 2 aliphatic rings. The highest BCUT2D eigenvalue weighted by Gasteiger charge is 2.38. The Bertz CT molecular complexity index is 744. The number of nitrogens with two attached hydrogens (primary N) is 1. The molecule has 1 aromatic rings. The molecule has 0 amide bonds. The first-order valence-electron chi connectivity index (χ1n) is 10.5. The smallest absolute Gasteiger partial charge is 0.323 e. The van der Waals surface area contributed by atoms with Crippen molar-refractivity contribution in [1.82, 2.24) is 0 Å². The van der Waals surface area contributed by atoms with Gasteiger partial charge in [0.1, 0.15) is 0 Å². The quantitative estimate of drug-likeness (QED) is 0.432. The molecule has 0 aliphatic heterocycles. The predicted octanol–water partition coefficient (Wildman–Crippen LogP) is 4.61. The summed E-state index contributed by atoms with van der Waals surface area (Å²) in [5.41, 5.74) is 9.94. The molecule has 5 nitrogen and oxygen atoms in total. The van der Waals surface area contributed by atoms with Gasteiger partial charge in [0.15, 0.2) is 0 Å². The average molecular weight is 407 g/mol. The molecule has 0 unspecified atom stereocenters. The molecule has 28 heavy (non-hydrogen) atoms. The highest BCUT2D eigenvalue weighted by atomic mass is 31.2. The van der Waals surface area contributed by atoms with E-state index in [-0.39, 0.29) is 6.61 Å². The van der Waals surface area contributed by atoms with Gasteiger partial charge < -0.3 is 15.5 Å². The van der Waals surface area contributed by atoms with E-state index in [1.54, 1.807) is 0 Å². The maximum absolute atomic E-state index is 11.0. The molecule has 1 fully saturated rings. The lowest BCUT2D eigenvalue weighted by atomic mass is 9.80. The van der Waals surface area contributed by atoms with Crippen LogP contribution in [0.15, 0.2) is 30.4 Å². The van der Waals surface area contributed by atoms with Crippen molar-refractivity contribution in [2.45, 2.75) is 76.2 Å². The summed E-state index contributed by atoms with van der Waals surface area (Å²) < 4.78 is 15.7. The van der Waals surface area contributed by atoms with Gasteiger partial charge in [-0.3, -0.25) is 4.52 Å². The summed E-state index contributed by atoms with van der Waals surface area (Å²) in [6.45, 7) is 2.12. The minimum atomic E-state index is -4.47. The molecule has 6 heteroatoms. The molecule has 0 spiro atoms. The number of allylic oxidation sites excluding steroid dienone is 2. The summed E-state index contributed by atoms with van der Waals surface area (Å²) in [7, 11) is -4.47. The number of phosphoric ester groups is 1. The normalized spacial score (nSPS) is 28.0.